The van der Waals surface area contributed by atoms with Crippen molar-refractivity contribution in [1.29, 1.82) is 0 Å². The molecule has 0 aromatic heterocycles. The first-order valence-corrected chi connectivity index (χ1v) is 10.9. The Morgan fingerprint density at radius 3 is 2.19 bits per heavy atom. The third-order valence-electron chi connectivity index (χ3n) is 5.75. The summed E-state index contributed by atoms with van der Waals surface area (Å²) in [5.74, 6) is 1.73. The molecule has 2 fully saturated rings. The molecule has 2 saturated heterocycles. The zero-order valence-electron chi connectivity index (χ0n) is 16.0. The molecule has 0 amide bonds. The molecule has 0 spiro atoms. The summed E-state index contributed by atoms with van der Waals surface area (Å²) in [7, 11) is -0.524. The maximum absolute atomic E-state index is 13.1. The summed E-state index contributed by atoms with van der Waals surface area (Å²) in [6.07, 6.45) is 4.29. The molecule has 3 rings (SSSR count). The number of hydrogen-bond donors (Lipinski definition) is 0. The van der Waals surface area contributed by atoms with Gasteiger partial charge in [-0.25, -0.2) is 8.42 Å². The van der Waals surface area contributed by atoms with Crippen molar-refractivity contribution in [3.63, 3.8) is 0 Å². The lowest BCUT2D eigenvalue weighted by Crippen LogP contribution is -2.48. The lowest BCUT2D eigenvalue weighted by atomic mass is 9.95. The Kier molecular flexibility index (Phi) is 6.10. The van der Waals surface area contributed by atoms with Gasteiger partial charge >= 0.3 is 0 Å². The van der Waals surface area contributed by atoms with E-state index < -0.39 is 10.0 Å². The lowest BCUT2D eigenvalue weighted by Gasteiger charge is -2.41. The molecule has 0 atom stereocenters. The molecule has 2 aliphatic rings. The molecule has 6 nitrogen and oxygen atoms in total. The molecule has 0 saturated carbocycles. The van der Waals surface area contributed by atoms with E-state index in [0.717, 1.165) is 31.8 Å². The molecule has 0 bridgehead atoms. The molecular weight excluding hydrogens is 352 g/mol. The maximum atomic E-state index is 13.1. The molecule has 1 aromatic rings. The highest BCUT2D eigenvalue weighted by molar-refractivity contribution is 7.89. The van der Waals surface area contributed by atoms with Crippen LogP contribution in [0.1, 0.15) is 32.6 Å². The average molecular weight is 383 g/mol. The van der Waals surface area contributed by atoms with E-state index in [2.05, 4.69) is 11.8 Å². The largest absolute Gasteiger partial charge is 0.497 e. The van der Waals surface area contributed by atoms with Gasteiger partial charge in [-0.1, -0.05) is 6.92 Å². The van der Waals surface area contributed by atoms with Crippen molar-refractivity contribution in [1.82, 2.24) is 9.21 Å². The van der Waals surface area contributed by atoms with Crippen molar-refractivity contribution >= 4 is 10.0 Å². The zero-order valence-corrected chi connectivity index (χ0v) is 16.8. The quantitative estimate of drug-likeness (QED) is 0.783. The fourth-order valence-electron chi connectivity index (χ4n) is 3.97. The van der Waals surface area contributed by atoms with E-state index in [0.29, 0.717) is 30.6 Å². The molecule has 0 unspecified atom stereocenters. The van der Waals surface area contributed by atoms with Crippen LogP contribution in [0.2, 0.25) is 0 Å². The van der Waals surface area contributed by atoms with Gasteiger partial charge in [0.25, 0.3) is 0 Å². The highest BCUT2D eigenvalue weighted by Crippen LogP contribution is 2.32. The van der Waals surface area contributed by atoms with Crippen LogP contribution in [0.5, 0.6) is 11.5 Å². The Balaban J connectivity index is 1.68. The predicted molar refractivity (Wildman–Crippen MR) is 101 cm³/mol. The van der Waals surface area contributed by atoms with Crippen LogP contribution in [0.4, 0.5) is 0 Å². The Morgan fingerprint density at radius 2 is 1.62 bits per heavy atom. The van der Waals surface area contributed by atoms with Gasteiger partial charge in [-0.3, -0.25) is 0 Å². The minimum atomic E-state index is -3.56. The van der Waals surface area contributed by atoms with Crippen molar-refractivity contribution in [2.24, 2.45) is 5.92 Å². The first kappa shape index (κ1) is 19.5. The van der Waals surface area contributed by atoms with Gasteiger partial charge in [-0.15, -0.1) is 0 Å². The van der Waals surface area contributed by atoms with E-state index in [1.165, 1.54) is 20.0 Å². The van der Waals surface area contributed by atoms with E-state index in [1.807, 2.05) is 0 Å². The predicted octanol–water partition coefficient (Wildman–Crippen LogP) is 2.59. The topological polar surface area (TPSA) is 59.1 Å². The zero-order chi connectivity index (χ0) is 18.7. The van der Waals surface area contributed by atoms with Gasteiger partial charge in [0.2, 0.25) is 10.0 Å². The molecule has 2 aliphatic heterocycles. The summed E-state index contributed by atoms with van der Waals surface area (Å²) in [6.45, 7) is 5.73. The highest BCUT2D eigenvalue weighted by atomic mass is 32.2. The summed E-state index contributed by atoms with van der Waals surface area (Å²) >= 11 is 0. The second-order valence-corrected chi connectivity index (χ2v) is 9.28. The molecule has 146 valence electrons. The van der Waals surface area contributed by atoms with E-state index in [9.17, 15) is 8.42 Å². The first-order valence-electron chi connectivity index (χ1n) is 9.42. The van der Waals surface area contributed by atoms with Crippen molar-refractivity contribution in [3.05, 3.63) is 18.2 Å². The first-order chi connectivity index (χ1) is 12.5. The van der Waals surface area contributed by atoms with Crippen LogP contribution in [0.3, 0.4) is 0 Å². The molecule has 2 heterocycles. The number of hydrogen-bond acceptors (Lipinski definition) is 5. The van der Waals surface area contributed by atoms with Gasteiger partial charge in [0, 0.05) is 25.2 Å². The fraction of sp³-hybridized carbons (Fsp3) is 0.684. The molecule has 0 N–H and O–H groups in total. The van der Waals surface area contributed by atoms with Crippen molar-refractivity contribution in [2.75, 3.05) is 40.4 Å². The highest BCUT2D eigenvalue weighted by Gasteiger charge is 2.34. The van der Waals surface area contributed by atoms with E-state index >= 15 is 0 Å². The van der Waals surface area contributed by atoms with Gasteiger partial charge in [0.15, 0.2) is 0 Å². The lowest BCUT2D eigenvalue weighted by molar-refractivity contribution is 0.101. The number of methoxy groups -OCH3 is 2. The standard InChI is InChI=1S/C19H30N2O4S/c1-15-6-10-20(11-7-15)16-8-12-21(13-9-16)26(22,23)19-5-4-17(24-2)14-18(19)25-3/h4-5,14-16H,6-13H2,1-3H3. The van der Waals surface area contributed by atoms with E-state index in [4.69, 9.17) is 9.47 Å². The van der Waals surface area contributed by atoms with Crippen LogP contribution in [0.15, 0.2) is 23.1 Å². The molecule has 26 heavy (non-hydrogen) atoms. The van der Waals surface area contributed by atoms with Gasteiger partial charge < -0.3 is 14.4 Å². The minimum absolute atomic E-state index is 0.214. The number of nitrogens with zero attached hydrogens (tertiary/aromatic N) is 2. The SMILES string of the molecule is COc1ccc(S(=O)(=O)N2CCC(N3CCC(C)CC3)CC2)c(OC)c1. The second kappa shape index (κ2) is 8.15. The minimum Gasteiger partial charge on any atom is -0.497 e. The summed E-state index contributed by atoms with van der Waals surface area (Å²) in [6, 6.07) is 5.36. The third kappa shape index (κ3) is 4.00. The normalized spacial score (nSPS) is 21.7. The number of rotatable bonds is 5. The van der Waals surface area contributed by atoms with Crippen LogP contribution >= 0.6 is 0 Å². The number of ether oxygens (including phenoxy) is 2. The Labute approximate surface area is 157 Å². The van der Waals surface area contributed by atoms with Gasteiger partial charge in [0.05, 0.1) is 14.2 Å². The molecular formula is C19H30N2O4S. The fourth-order valence-corrected chi connectivity index (χ4v) is 5.57. The third-order valence-corrected chi connectivity index (χ3v) is 7.68. The van der Waals surface area contributed by atoms with Gasteiger partial charge in [-0.05, 0) is 56.8 Å². The summed E-state index contributed by atoms with van der Waals surface area (Å²) in [5.41, 5.74) is 0. The van der Waals surface area contributed by atoms with E-state index in [1.54, 1.807) is 29.6 Å². The summed E-state index contributed by atoms with van der Waals surface area (Å²) < 4.78 is 38.2. The number of likely N-dealkylation sites (tertiary alicyclic amines) is 1. The number of benzene rings is 1. The average Bonchev–Trinajstić information content (AvgIpc) is 2.68. The Morgan fingerprint density at radius 1 is 0.962 bits per heavy atom. The van der Waals surface area contributed by atoms with Gasteiger partial charge in [0.1, 0.15) is 16.4 Å². The van der Waals surface area contributed by atoms with Crippen LogP contribution in [-0.4, -0.2) is 64.1 Å². The maximum Gasteiger partial charge on any atom is 0.246 e. The van der Waals surface area contributed by atoms with Crippen LogP contribution < -0.4 is 9.47 Å². The van der Waals surface area contributed by atoms with Crippen molar-refractivity contribution < 1.29 is 17.9 Å². The molecule has 7 heteroatoms. The Bertz CT molecular complexity index is 706. The summed E-state index contributed by atoms with van der Waals surface area (Å²) in [4.78, 5) is 2.77. The monoisotopic (exact) mass is 382 g/mol. The second-order valence-electron chi connectivity index (χ2n) is 7.37. The molecule has 0 radical (unpaired) electrons. The number of piperidine rings is 2. The van der Waals surface area contributed by atoms with Crippen molar-refractivity contribution in [3.8, 4) is 11.5 Å². The van der Waals surface area contributed by atoms with Crippen molar-refractivity contribution in [2.45, 2.75) is 43.5 Å². The summed E-state index contributed by atoms with van der Waals surface area (Å²) in [5, 5.41) is 0. The van der Waals surface area contributed by atoms with Gasteiger partial charge in [-0.2, -0.15) is 4.31 Å². The smallest absolute Gasteiger partial charge is 0.246 e. The number of sulfonamides is 1. The van der Waals surface area contributed by atoms with Crippen LogP contribution in [0.25, 0.3) is 0 Å². The van der Waals surface area contributed by atoms with Crippen LogP contribution in [-0.2, 0) is 10.0 Å². The van der Waals surface area contributed by atoms with E-state index in [-0.39, 0.29) is 4.90 Å². The van der Waals surface area contributed by atoms with Crippen LogP contribution in [0, 0.1) is 5.92 Å². The molecule has 0 aliphatic carbocycles. The Hall–Kier alpha value is -1.31. The molecule has 1 aromatic carbocycles.